The molecule has 0 aromatic heterocycles. The van der Waals surface area contributed by atoms with Gasteiger partial charge < -0.3 is 19.9 Å². The van der Waals surface area contributed by atoms with Crippen LogP contribution in [0.15, 0.2) is 109 Å². The number of aliphatic hydroxyl groups is 1. The Hall–Kier alpha value is -3.85. The predicted octanol–water partition coefficient (Wildman–Crippen LogP) is 6.04. The van der Waals surface area contributed by atoms with E-state index in [1.165, 1.54) is 5.56 Å². The molecule has 2 aliphatic rings. The van der Waals surface area contributed by atoms with Crippen molar-refractivity contribution in [3.63, 3.8) is 0 Å². The maximum atomic E-state index is 12.8. The molecule has 2 heterocycles. The van der Waals surface area contributed by atoms with E-state index in [0.717, 1.165) is 56.0 Å². The average molecular weight is 592 g/mol. The molecular formula is C37H41N3O4. The van der Waals surface area contributed by atoms with Crippen LogP contribution in [0.3, 0.4) is 0 Å². The molecule has 2 fully saturated rings. The summed E-state index contributed by atoms with van der Waals surface area (Å²) in [5.74, 6) is -0.0532. The molecule has 7 nitrogen and oxygen atoms in total. The molecule has 228 valence electrons. The molecule has 6 rings (SSSR count). The van der Waals surface area contributed by atoms with E-state index in [-0.39, 0.29) is 30.6 Å². The van der Waals surface area contributed by atoms with Gasteiger partial charge in [-0.2, -0.15) is 0 Å². The number of nitrogens with zero attached hydrogens (tertiary/aromatic N) is 2. The zero-order chi connectivity index (χ0) is 30.3. The van der Waals surface area contributed by atoms with Crippen LogP contribution in [0.2, 0.25) is 0 Å². The van der Waals surface area contributed by atoms with Crippen LogP contribution in [0.5, 0.6) is 0 Å². The lowest BCUT2D eigenvalue weighted by molar-refractivity contribution is -0.276. The van der Waals surface area contributed by atoms with Crippen LogP contribution >= 0.6 is 0 Å². The van der Waals surface area contributed by atoms with Gasteiger partial charge in [0.25, 0.3) is 5.91 Å². The first-order chi connectivity index (χ1) is 21.6. The summed E-state index contributed by atoms with van der Waals surface area (Å²) in [5.41, 5.74) is 5.44. The van der Waals surface area contributed by atoms with Gasteiger partial charge in [-0.25, -0.2) is 0 Å². The molecule has 44 heavy (non-hydrogen) atoms. The second-order valence-electron chi connectivity index (χ2n) is 11.8. The summed E-state index contributed by atoms with van der Waals surface area (Å²) in [6.07, 6.45) is -0.834. The van der Waals surface area contributed by atoms with Crippen LogP contribution in [-0.4, -0.2) is 59.6 Å². The summed E-state index contributed by atoms with van der Waals surface area (Å²) in [5, 5.41) is 12.6. The molecule has 1 amide bonds. The largest absolute Gasteiger partial charge is 0.392 e. The first kappa shape index (κ1) is 30.2. The first-order valence-corrected chi connectivity index (χ1v) is 15.5. The second-order valence-corrected chi connectivity index (χ2v) is 11.8. The number of amides is 1. The molecule has 0 unspecified atom stereocenters. The lowest BCUT2D eigenvalue weighted by atomic mass is 9.90. The molecule has 4 aromatic rings. The highest BCUT2D eigenvalue weighted by Crippen LogP contribution is 2.42. The van der Waals surface area contributed by atoms with E-state index in [0.29, 0.717) is 11.3 Å². The SMILES string of the molecule is C[C@@H]1[C@H](CN2CCN(Cc3ccccc3)CC2)O[C@H](c2cccc(NC(=O)c3ccccc3)c2)O[C@@H]1c1ccc(CO)cc1. The van der Waals surface area contributed by atoms with E-state index in [9.17, 15) is 9.90 Å². The normalized spacial score (nSPS) is 22.9. The Morgan fingerprint density at radius 1 is 0.773 bits per heavy atom. The first-order valence-electron chi connectivity index (χ1n) is 15.5. The number of piperazine rings is 1. The Bertz CT molecular complexity index is 1490. The van der Waals surface area contributed by atoms with Gasteiger partial charge in [-0.3, -0.25) is 14.6 Å². The van der Waals surface area contributed by atoms with Gasteiger partial charge in [0.1, 0.15) is 0 Å². The Morgan fingerprint density at radius 3 is 2.16 bits per heavy atom. The molecule has 0 radical (unpaired) electrons. The molecule has 0 bridgehead atoms. The van der Waals surface area contributed by atoms with E-state index < -0.39 is 6.29 Å². The lowest BCUT2D eigenvalue weighted by Crippen LogP contribution is -2.51. The van der Waals surface area contributed by atoms with Crippen molar-refractivity contribution in [2.75, 3.05) is 38.0 Å². The van der Waals surface area contributed by atoms with Gasteiger partial charge >= 0.3 is 0 Å². The van der Waals surface area contributed by atoms with Gasteiger partial charge in [0.15, 0.2) is 6.29 Å². The smallest absolute Gasteiger partial charge is 0.255 e. The number of hydrogen-bond acceptors (Lipinski definition) is 6. The number of rotatable bonds is 9. The van der Waals surface area contributed by atoms with Gasteiger partial charge in [0, 0.05) is 62.0 Å². The highest BCUT2D eigenvalue weighted by molar-refractivity contribution is 6.04. The standard InChI is InChI=1S/C37H41N3O4/c1-27-34(25-40-21-19-39(20-22-40)24-28-9-4-2-5-10-28)43-37(44-35(27)30-17-15-29(26-41)16-18-30)32-13-8-14-33(23-32)38-36(42)31-11-6-3-7-12-31/h2-18,23,27,34-35,37,41H,19-22,24-26H2,1H3,(H,38,42)/t27-,34+,35+,37+/m1/s1. The monoisotopic (exact) mass is 591 g/mol. The van der Waals surface area contributed by atoms with Crippen molar-refractivity contribution in [1.29, 1.82) is 0 Å². The second kappa shape index (κ2) is 14.3. The maximum Gasteiger partial charge on any atom is 0.255 e. The number of nitrogens with one attached hydrogen (secondary N) is 1. The summed E-state index contributed by atoms with van der Waals surface area (Å²) >= 11 is 0. The highest BCUT2D eigenvalue weighted by atomic mass is 16.7. The minimum atomic E-state index is -0.591. The third-order valence-electron chi connectivity index (χ3n) is 8.73. The number of hydrogen-bond donors (Lipinski definition) is 2. The van der Waals surface area contributed by atoms with Gasteiger partial charge in [0.05, 0.1) is 18.8 Å². The fraction of sp³-hybridized carbons (Fsp3) is 0.324. The topological polar surface area (TPSA) is 74.3 Å². The quantitative estimate of drug-likeness (QED) is 0.247. The fourth-order valence-electron chi connectivity index (χ4n) is 6.11. The number of ether oxygens (including phenoxy) is 2. The Kier molecular flexibility index (Phi) is 9.80. The number of carbonyl (C=O) groups excluding carboxylic acids is 1. The van der Waals surface area contributed by atoms with Crippen molar-refractivity contribution in [3.05, 3.63) is 137 Å². The Labute approximate surface area is 260 Å². The van der Waals surface area contributed by atoms with Crippen LogP contribution in [-0.2, 0) is 22.6 Å². The zero-order valence-corrected chi connectivity index (χ0v) is 25.2. The molecule has 0 aliphatic carbocycles. The average Bonchev–Trinajstić information content (AvgIpc) is 3.07. The maximum absolute atomic E-state index is 12.8. The van der Waals surface area contributed by atoms with Crippen LogP contribution in [0.4, 0.5) is 5.69 Å². The van der Waals surface area contributed by atoms with Crippen LogP contribution in [0, 0.1) is 5.92 Å². The highest BCUT2D eigenvalue weighted by Gasteiger charge is 2.39. The third-order valence-corrected chi connectivity index (χ3v) is 8.73. The lowest BCUT2D eigenvalue weighted by Gasteiger charge is -2.44. The Balaban J connectivity index is 1.17. The van der Waals surface area contributed by atoms with Gasteiger partial charge in [-0.05, 0) is 41.0 Å². The molecule has 2 N–H and O–H groups in total. The van der Waals surface area contributed by atoms with E-state index in [1.807, 2.05) is 66.7 Å². The van der Waals surface area contributed by atoms with Gasteiger partial charge in [-0.15, -0.1) is 0 Å². The molecule has 0 spiro atoms. The van der Waals surface area contributed by atoms with Crippen molar-refractivity contribution >= 4 is 11.6 Å². The summed E-state index contributed by atoms with van der Waals surface area (Å²) in [6.45, 7) is 8.01. The fourth-order valence-corrected chi connectivity index (χ4v) is 6.11. The van der Waals surface area contributed by atoms with E-state index in [4.69, 9.17) is 9.47 Å². The summed E-state index contributed by atoms with van der Waals surface area (Å²) in [4.78, 5) is 17.9. The number of anilines is 1. The minimum Gasteiger partial charge on any atom is -0.392 e. The van der Waals surface area contributed by atoms with Crippen molar-refractivity contribution in [3.8, 4) is 0 Å². The van der Waals surface area contributed by atoms with Crippen molar-refractivity contribution in [2.24, 2.45) is 5.92 Å². The number of carbonyl (C=O) groups is 1. The molecule has 4 aromatic carbocycles. The molecule has 2 aliphatic heterocycles. The van der Waals surface area contributed by atoms with Crippen LogP contribution in [0.1, 0.15) is 51.9 Å². The summed E-state index contributed by atoms with van der Waals surface area (Å²) in [6, 6.07) is 35.6. The molecule has 2 saturated heterocycles. The molecule has 7 heteroatoms. The Morgan fingerprint density at radius 2 is 1.45 bits per heavy atom. The summed E-state index contributed by atoms with van der Waals surface area (Å²) < 4.78 is 13.4. The van der Waals surface area contributed by atoms with Crippen molar-refractivity contribution in [1.82, 2.24) is 9.80 Å². The molecule has 4 atom stereocenters. The third kappa shape index (κ3) is 7.44. The molecule has 0 saturated carbocycles. The van der Waals surface area contributed by atoms with Crippen LogP contribution < -0.4 is 5.32 Å². The van der Waals surface area contributed by atoms with Gasteiger partial charge in [-0.1, -0.05) is 91.9 Å². The van der Waals surface area contributed by atoms with E-state index in [2.05, 4.69) is 52.4 Å². The zero-order valence-electron chi connectivity index (χ0n) is 25.2. The van der Waals surface area contributed by atoms with E-state index >= 15 is 0 Å². The number of benzene rings is 4. The molecular weight excluding hydrogens is 550 g/mol. The number of aliphatic hydroxyl groups excluding tert-OH is 1. The predicted molar refractivity (Wildman–Crippen MR) is 172 cm³/mol. The van der Waals surface area contributed by atoms with Crippen LogP contribution in [0.25, 0.3) is 0 Å². The van der Waals surface area contributed by atoms with E-state index in [1.54, 1.807) is 12.1 Å². The van der Waals surface area contributed by atoms with Crippen molar-refractivity contribution in [2.45, 2.75) is 38.6 Å². The minimum absolute atomic E-state index is 0.00740. The van der Waals surface area contributed by atoms with Crippen molar-refractivity contribution < 1.29 is 19.4 Å². The summed E-state index contributed by atoms with van der Waals surface area (Å²) in [7, 11) is 0. The van der Waals surface area contributed by atoms with Gasteiger partial charge in [0.2, 0.25) is 0 Å².